The van der Waals surface area contributed by atoms with Gasteiger partial charge in [-0.15, -0.1) is 5.10 Å². The molecular weight excluding hydrogens is 350 g/mol. The normalized spacial score (nSPS) is 14.4. The van der Waals surface area contributed by atoms with E-state index in [1.807, 2.05) is 29.2 Å². The highest BCUT2D eigenvalue weighted by atomic mass is 16.5. The predicted octanol–water partition coefficient (Wildman–Crippen LogP) is 2.00. The highest BCUT2D eigenvalue weighted by Gasteiger charge is 2.26. The third kappa shape index (κ3) is 3.48. The quantitative estimate of drug-likeness (QED) is 0.689. The summed E-state index contributed by atoms with van der Waals surface area (Å²) < 4.78 is 16.0. The van der Waals surface area contributed by atoms with Crippen LogP contribution in [0.25, 0.3) is 11.3 Å². The molecule has 4 rings (SSSR count). The van der Waals surface area contributed by atoms with Crippen LogP contribution in [0.2, 0.25) is 0 Å². The minimum absolute atomic E-state index is 0.158. The highest BCUT2D eigenvalue weighted by molar-refractivity contribution is 5.93. The van der Waals surface area contributed by atoms with Gasteiger partial charge < -0.3 is 23.5 Å². The molecule has 3 heterocycles. The largest absolute Gasteiger partial charge is 0.497 e. The first-order valence-electron chi connectivity index (χ1n) is 8.59. The van der Waals surface area contributed by atoms with Crippen LogP contribution in [0.5, 0.6) is 5.75 Å². The van der Waals surface area contributed by atoms with Crippen molar-refractivity contribution >= 4 is 11.9 Å². The van der Waals surface area contributed by atoms with E-state index in [9.17, 15) is 4.79 Å². The Balaban J connectivity index is 1.42. The molecule has 27 heavy (non-hydrogen) atoms. The van der Waals surface area contributed by atoms with Crippen LogP contribution in [0.15, 0.2) is 39.3 Å². The Morgan fingerprint density at radius 1 is 1.15 bits per heavy atom. The second kappa shape index (κ2) is 7.10. The zero-order chi connectivity index (χ0) is 18.8. The molecule has 0 radical (unpaired) electrons. The number of aryl methyl sites for hydroxylation is 1. The first kappa shape index (κ1) is 17.1. The van der Waals surface area contributed by atoms with Crippen molar-refractivity contribution in [3.8, 4) is 17.1 Å². The first-order chi connectivity index (χ1) is 13.1. The van der Waals surface area contributed by atoms with Crippen LogP contribution in [0.1, 0.15) is 16.4 Å². The number of carbonyl (C=O) groups excluding carboxylic acids is 1. The number of ether oxygens (including phenoxy) is 1. The summed E-state index contributed by atoms with van der Waals surface area (Å²) in [5.41, 5.74) is 1.09. The smallest absolute Gasteiger partial charge is 0.318 e. The molecule has 1 fully saturated rings. The van der Waals surface area contributed by atoms with Gasteiger partial charge in [0.25, 0.3) is 5.91 Å². The number of aromatic nitrogens is 3. The Labute approximate surface area is 155 Å². The number of piperazine rings is 1. The molecule has 1 amide bonds. The minimum atomic E-state index is -0.158. The fraction of sp³-hybridized carbons (Fsp3) is 0.333. The molecule has 2 aromatic heterocycles. The van der Waals surface area contributed by atoms with Gasteiger partial charge in [-0.25, -0.2) is 0 Å². The van der Waals surface area contributed by atoms with Gasteiger partial charge in [0.2, 0.25) is 5.89 Å². The van der Waals surface area contributed by atoms with Crippen LogP contribution in [0.3, 0.4) is 0 Å². The molecule has 0 saturated carbocycles. The third-order valence-corrected chi connectivity index (χ3v) is 4.44. The van der Waals surface area contributed by atoms with Crippen molar-refractivity contribution in [2.24, 2.45) is 0 Å². The molecule has 9 nitrogen and oxygen atoms in total. The van der Waals surface area contributed by atoms with Crippen LogP contribution in [0, 0.1) is 6.92 Å². The van der Waals surface area contributed by atoms with Crippen molar-refractivity contribution in [3.63, 3.8) is 0 Å². The second-order valence-corrected chi connectivity index (χ2v) is 6.19. The lowest BCUT2D eigenvalue weighted by atomic mass is 10.1. The van der Waals surface area contributed by atoms with E-state index < -0.39 is 0 Å². The lowest BCUT2D eigenvalue weighted by Gasteiger charge is -2.33. The summed E-state index contributed by atoms with van der Waals surface area (Å²) >= 11 is 0. The molecule has 0 bridgehead atoms. The predicted molar refractivity (Wildman–Crippen MR) is 95.6 cm³/mol. The number of rotatable bonds is 4. The van der Waals surface area contributed by atoms with Crippen molar-refractivity contribution in [1.82, 2.24) is 20.3 Å². The standard InChI is InChI=1S/C18H19N5O4/c1-12-19-20-18(26-12)23-8-6-22(7-9-23)17(24)15-11-16(27-21-15)13-4-3-5-14(10-13)25-2/h3-5,10-11H,6-9H2,1-2H3. The molecule has 1 aromatic carbocycles. The molecule has 1 aliphatic rings. The maximum absolute atomic E-state index is 12.7. The van der Waals surface area contributed by atoms with E-state index in [4.69, 9.17) is 13.7 Å². The number of methoxy groups -OCH3 is 1. The molecule has 1 saturated heterocycles. The molecule has 0 aliphatic carbocycles. The van der Waals surface area contributed by atoms with Crippen LogP contribution < -0.4 is 9.64 Å². The van der Waals surface area contributed by atoms with Gasteiger partial charge in [-0.1, -0.05) is 22.4 Å². The van der Waals surface area contributed by atoms with E-state index in [1.54, 1.807) is 25.0 Å². The van der Waals surface area contributed by atoms with Crippen molar-refractivity contribution in [2.45, 2.75) is 6.92 Å². The van der Waals surface area contributed by atoms with Gasteiger partial charge in [0.1, 0.15) is 5.75 Å². The van der Waals surface area contributed by atoms with Gasteiger partial charge in [-0.3, -0.25) is 4.79 Å². The van der Waals surface area contributed by atoms with Gasteiger partial charge in [-0.05, 0) is 12.1 Å². The van der Waals surface area contributed by atoms with Gasteiger partial charge in [0.15, 0.2) is 11.5 Å². The van der Waals surface area contributed by atoms with Crippen LogP contribution >= 0.6 is 0 Å². The number of hydrogen-bond donors (Lipinski definition) is 0. The highest BCUT2D eigenvalue weighted by Crippen LogP contribution is 2.25. The summed E-state index contributed by atoms with van der Waals surface area (Å²) in [7, 11) is 1.60. The van der Waals surface area contributed by atoms with Gasteiger partial charge >= 0.3 is 6.01 Å². The molecule has 0 N–H and O–H groups in total. The zero-order valence-corrected chi connectivity index (χ0v) is 15.1. The summed E-state index contributed by atoms with van der Waals surface area (Å²) in [6, 6.07) is 9.56. The molecule has 140 valence electrons. The molecule has 3 aromatic rings. The fourth-order valence-corrected chi connectivity index (χ4v) is 2.97. The maximum Gasteiger partial charge on any atom is 0.318 e. The Morgan fingerprint density at radius 2 is 1.96 bits per heavy atom. The molecular formula is C18H19N5O4. The summed E-state index contributed by atoms with van der Waals surface area (Å²) in [4.78, 5) is 16.4. The van der Waals surface area contributed by atoms with Crippen molar-refractivity contribution in [2.75, 3.05) is 38.2 Å². The monoisotopic (exact) mass is 369 g/mol. The zero-order valence-electron chi connectivity index (χ0n) is 15.1. The SMILES string of the molecule is COc1cccc(-c2cc(C(=O)N3CCN(c4nnc(C)o4)CC3)no2)c1. The fourth-order valence-electron chi connectivity index (χ4n) is 2.97. The molecule has 0 spiro atoms. The number of hydrogen-bond acceptors (Lipinski definition) is 8. The number of carbonyl (C=O) groups is 1. The lowest BCUT2D eigenvalue weighted by Crippen LogP contribution is -2.49. The van der Waals surface area contributed by atoms with E-state index in [0.717, 1.165) is 5.56 Å². The second-order valence-electron chi connectivity index (χ2n) is 6.19. The van der Waals surface area contributed by atoms with E-state index in [0.29, 0.717) is 49.6 Å². The van der Waals surface area contributed by atoms with Gasteiger partial charge in [0.05, 0.1) is 7.11 Å². The van der Waals surface area contributed by atoms with Gasteiger partial charge in [0, 0.05) is 44.7 Å². The van der Waals surface area contributed by atoms with Crippen LogP contribution in [-0.4, -0.2) is 59.4 Å². The third-order valence-electron chi connectivity index (χ3n) is 4.44. The molecule has 1 aliphatic heterocycles. The Bertz CT molecular complexity index is 943. The first-order valence-corrected chi connectivity index (χ1v) is 8.59. The van der Waals surface area contributed by atoms with E-state index >= 15 is 0 Å². The summed E-state index contributed by atoms with van der Waals surface area (Å²) in [5.74, 6) is 1.60. The Hall–Kier alpha value is -3.36. The lowest BCUT2D eigenvalue weighted by molar-refractivity contribution is 0.0734. The average Bonchev–Trinajstić information content (AvgIpc) is 3.37. The average molecular weight is 369 g/mol. The topological polar surface area (TPSA) is 97.7 Å². The van der Waals surface area contributed by atoms with Crippen molar-refractivity contribution < 1.29 is 18.5 Å². The number of nitrogens with zero attached hydrogens (tertiary/aromatic N) is 5. The molecule has 9 heteroatoms. The summed E-state index contributed by atoms with van der Waals surface area (Å²) in [5, 5.41) is 11.8. The Kier molecular flexibility index (Phi) is 4.49. The van der Waals surface area contributed by atoms with E-state index in [1.165, 1.54) is 0 Å². The van der Waals surface area contributed by atoms with Crippen molar-refractivity contribution in [3.05, 3.63) is 41.9 Å². The minimum Gasteiger partial charge on any atom is -0.497 e. The van der Waals surface area contributed by atoms with Crippen LogP contribution in [-0.2, 0) is 0 Å². The number of amides is 1. The maximum atomic E-state index is 12.7. The van der Waals surface area contributed by atoms with Crippen molar-refractivity contribution in [1.29, 1.82) is 0 Å². The van der Waals surface area contributed by atoms with E-state index in [-0.39, 0.29) is 11.6 Å². The molecule has 0 atom stereocenters. The summed E-state index contributed by atoms with van der Waals surface area (Å²) in [6.45, 7) is 4.08. The number of anilines is 1. The Morgan fingerprint density at radius 3 is 2.67 bits per heavy atom. The molecule has 0 unspecified atom stereocenters. The van der Waals surface area contributed by atoms with Crippen LogP contribution in [0.4, 0.5) is 6.01 Å². The van der Waals surface area contributed by atoms with Gasteiger partial charge in [-0.2, -0.15) is 0 Å². The number of benzene rings is 1. The van der Waals surface area contributed by atoms with E-state index in [2.05, 4.69) is 15.4 Å². The summed E-state index contributed by atoms with van der Waals surface area (Å²) in [6.07, 6.45) is 0.